The zero-order valence-electron chi connectivity index (χ0n) is 42.0. The lowest BCUT2D eigenvalue weighted by Gasteiger charge is -2.15. The number of rotatable bonds is 18. The van der Waals surface area contributed by atoms with Gasteiger partial charge in [0.25, 0.3) is 74.2 Å². The maximum absolute atomic E-state index is 15.2. The lowest BCUT2D eigenvalue weighted by Crippen LogP contribution is -2.21. The quantitative estimate of drug-likeness (QED) is 0.0170. The number of anilines is 6. The Bertz CT molecular complexity index is 4830. The SMILES string of the molecule is O=C(Nc1cccc(C(=O)Nc2cc(C(=O)Nc3ccc(S(=O)(=O)O)c4cc(S(=O)(=O)O)cc(SOOO)c34)ccc2F)c1)Nc1cccc(C(=O)Nc2cc(C(=O)Nc3ccc(S(=O)(=O)O)c4cc(S(=O)(=O)O)cc(S(=O)(=O)O)c34)ccc2F)c1. The van der Waals surface area contributed by atoms with Crippen LogP contribution in [0, 0.1) is 11.6 Å². The molecule has 0 unspecified atom stereocenters. The van der Waals surface area contributed by atoms with Crippen LogP contribution in [0.2, 0.25) is 0 Å². The standard InChI is InChI=1S/C49H34F2N6O23S6/c50-33-9-7-25(47(60)54-35-11-13-40(84(70,71)72)31-19-29(82(64,65)66)21-39(43(31)35)81-80-79-63)17-37(33)56-45(58)23-3-1-5-27(15-23)52-49(62)53-28-6-2-4-24(16-28)46(59)57-38-18-26(8-10-34(38)51)48(61)55-36-12-14-41(85(73,74)75)32-20-30(83(67,68)69)22-42(44(32)36)86(76,77)78/h1-22,63H,(H,54,60)(H,55,61)(H,56,58)(H,57,59)(H2,52,53,62)(H,64,65,66)(H,67,68,69)(H,70,71,72)(H,73,74,75)(H,76,77,78). The summed E-state index contributed by atoms with van der Waals surface area (Å²) in [5.74, 6) is -6.37. The number of hydrogen-bond acceptors (Lipinski definition) is 19. The summed E-state index contributed by atoms with van der Waals surface area (Å²) in [6.07, 6.45) is 0. The number of fused-ring (bicyclic) bond motifs is 2. The third-order valence-corrected chi connectivity index (χ3v) is 16.8. The van der Waals surface area contributed by atoms with Crippen LogP contribution in [0.5, 0.6) is 0 Å². The molecule has 29 nitrogen and oxygen atoms in total. The van der Waals surface area contributed by atoms with E-state index in [-0.39, 0.29) is 57.2 Å². The van der Waals surface area contributed by atoms with E-state index in [0.29, 0.717) is 18.2 Å². The predicted octanol–water partition coefficient (Wildman–Crippen LogP) is 7.59. The lowest BCUT2D eigenvalue weighted by atomic mass is 10.1. The van der Waals surface area contributed by atoms with Gasteiger partial charge in [0.2, 0.25) is 0 Å². The Morgan fingerprint density at radius 1 is 0.395 bits per heavy atom. The van der Waals surface area contributed by atoms with Crippen molar-refractivity contribution in [3.05, 3.63) is 167 Å². The third kappa shape index (κ3) is 14.4. The summed E-state index contributed by atoms with van der Waals surface area (Å²) < 4.78 is 206. The molecule has 8 aromatic rings. The van der Waals surface area contributed by atoms with E-state index in [2.05, 4.69) is 41.3 Å². The van der Waals surface area contributed by atoms with Crippen LogP contribution in [-0.2, 0) is 60.0 Å². The minimum atomic E-state index is -5.50. The fourth-order valence-corrected chi connectivity index (χ4v) is 12.0. The van der Waals surface area contributed by atoms with Gasteiger partial charge < -0.3 is 31.9 Å². The smallest absolute Gasteiger partial charge is 0.321 e. The van der Waals surface area contributed by atoms with Crippen molar-refractivity contribution in [1.82, 2.24) is 0 Å². The molecule has 0 heterocycles. The van der Waals surface area contributed by atoms with Crippen molar-refractivity contribution in [2.24, 2.45) is 0 Å². The van der Waals surface area contributed by atoms with E-state index in [1.807, 2.05) is 0 Å². The van der Waals surface area contributed by atoms with E-state index < -0.39 is 160 Å². The van der Waals surface area contributed by atoms with Gasteiger partial charge in [-0.25, -0.2) is 18.8 Å². The number of amides is 6. The third-order valence-electron chi connectivity index (χ3n) is 11.8. The first kappa shape index (κ1) is 63.1. The molecule has 0 radical (unpaired) electrons. The Balaban J connectivity index is 0.941. The van der Waals surface area contributed by atoms with Gasteiger partial charge in [-0.15, -0.1) is 4.33 Å². The van der Waals surface area contributed by atoms with Crippen LogP contribution in [0.1, 0.15) is 41.4 Å². The second-order valence-electron chi connectivity index (χ2n) is 17.5. The number of benzene rings is 8. The first-order chi connectivity index (χ1) is 40.1. The fraction of sp³-hybridized carbons (Fsp3) is 0. The number of hydrogen-bond donors (Lipinski definition) is 12. The summed E-state index contributed by atoms with van der Waals surface area (Å²) in [7, 11) is -26.3. The number of nitrogens with one attached hydrogen (secondary N) is 6. The average Bonchev–Trinajstić information content (AvgIpc) is 0.960. The van der Waals surface area contributed by atoms with Gasteiger partial charge in [0.15, 0.2) is 0 Å². The van der Waals surface area contributed by atoms with Crippen LogP contribution < -0.4 is 31.9 Å². The number of urea groups is 1. The van der Waals surface area contributed by atoms with Crippen LogP contribution in [0.15, 0.2) is 163 Å². The molecule has 0 aliphatic carbocycles. The molecule has 86 heavy (non-hydrogen) atoms. The maximum Gasteiger partial charge on any atom is 0.323 e. The minimum absolute atomic E-state index is 0.0186. The average molecular weight is 1310 g/mol. The molecule has 0 atom stereocenters. The summed E-state index contributed by atoms with van der Waals surface area (Å²) in [5, 5.41) is 23.6. The normalized spacial score (nSPS) is 12.1. The summed E-state index contributed by atoms with van der Waals surface area (Å²) in [6, 6.07) is 19.5. The Kier molecular flexibility index (Phi) is 17.8. The number of carbonyl (C=O) groups excluding carboxylic acids is 5. The van der Waals surface area contributed by atoms with Crippen molar-refractivity contribution in [2.75, 3.05) is 31.9 Å². The van der Waals surface area contributed by atoms with Crippen molar-refractivity contribution in [3.8, 4) is 0 Å². The summed E-state index contributed by atoms with van der Waals surface area (Å²) in [4.78, 5) is 61.3. The maximum atomic E-state index is 15.2. The molecule has 0 bridgehead atoms. The highest BCUT2D eigenvalue weighted by atomic mass is 32.2. The molecule has 0 spiro atoms. The topological polar surface area (TPSA) is 468 Å². The highest BCUT2D eigenvalue weighted by Crippen LogP contribution is 2.41. The van der Waals surface area contributed by atoms with Crippen LogP contribution >= 0.6 is 12.0 Å². The van der Waals surface area contributed by atoms with E-state index in [1.165, 1.54) is 36.4 Å². The van der Waals surface area contributed by atoms with Gasteiger partial charge in [0.1, 0.15) is 26.3 Å². The molecule has 8 aromatic carbocycles. The van der Waals surface area contributed by atoms with Crippen molar-refractivity contribution in [3.63, 3.8) is 0 Å². The zero-order valence-corrected chi connectivity index (χ0v) is 46.9. The molecule has 448 valence electrons. The molecule has 0 aliphatic rings. The van der Waals surface area contributed by atoms with Crippen molar-refractivity contribution in [2.45, 2.75) is 29.4 Å². The molecule has 12 N–H and O–H groups in total. The Morgan fingerprint density at radius 3 is 1.19 bits per heavy atom. The zero-order chi connectivity index (χ0) is 63.0. The van der Waals surface area contributed by atoms with E-state index in [1.54, 1.807) is 0 Å². The number of carbonyl (C=O) groups is 5. The molecule has 0 saturated heterocycles. The number of halogens is 2. The monoisotopic (exact) mass is 1300 g/mol. The largest absolute Gasteiger partial charge is 0.323 e. The summed E-state index contributed by atoms with van der Waals surface area (Å²) >= 11 is 0.0854. The second-order valence-corrected chi connectivity index (χ2v) is 25.2. The van der Waals surface area contributed by atoms with Crippen molar-refractivity contribution in [1.29, 1.82) is 0 Å². The van der Waals surface area contributed by atoms with Crippen LogP contribution in [0.25, 0.3) is 21.5 Å². The lowest BCUT2D eigenvalue weighted by molar-refractivity contribution is -0.432. The predicted molar refractivity (Wildman–Crippen MR) is 298 cm³/mol. The van der Waals surface area contributed by atoms with Crippen LogP contribution in [-0.4, -0.2) is 99.8 Å². The fourth-order valence-electron chi connectivity index (χ4n) is 8.14. The highest BCUT2D eigenvalue weighted by molar-refractivity contribution is 7.95. The van der Waals surface area contributed by atoms with Crippen molar-refractivity contribution < 1.29 is 112 Å². The van der Waals surface area contributed by atoms with E-state index >= 15 is 8.78 Å². The second kappa shape index (κ2) is 24.2. The molecule has 0 aliphatic heterocycles. The van der Waals surface area contributed by atoms with E-state index in [4.69, 9.17) is 5.26 Å². The molecule has 6 amide bonds. The molecule has 8 rings (SSSR count). The first-order valence-electron chi connectivity index (χ1n) is 23.0. The Hall–Kier alpha value is -8.93. The molecule has 0 fully saturated rings. The van der Waals surface area contributed by atoms with Crippen LogP contribution in [0.4, 0.5) is 47.7 Å². The van der Waals surface area contributed by atoms with Gasteiger partial charge in [0.05, 0.1) is 44.6 Å². The van der Waals surface area contributed by atoms with Gasteiger partial charge in [-0.3, -0.25) is 41.9 Å². The molecule has 0 aromatic heterocycles. The van der Waals surface area contributed by atoms with Crippen LogP contribution in [0.3, 0.4) is 0 Å². The van der Waals surface area contributed by atoms with Gasteiger partial charge in [-0.2, -0.15) is 42.1 Å². The van der Waals surface area contributed by atoms with Gasteiger partial charge in [-0.05, 0) is 121 Å². The molecule has 0 saturated carbocycles. The summed E-state index contributed by atoms with van der Waals surface area (Å²) in [5.41, 5.74) is -3.30. The molecular weight excluding hydrogens is 1270 g/mol. The van der Waals surface area contributed by atoms with Gasteiger partial charge in [0, 0.05) is 60.1 Å². The Morgan fingerprint density at radius 2 is 0.779 bits per heavy atom. The van der Waals surface area contributed by atoms with Gasteiger partial charge in [-0.1, -0.05) is 17.2 Å². The first-order valence-corrected chi connectivity index (χ1v) is 30.9. The highest BCUT2D eigenvalue weighted by Gasteiger charge is 2.29. The molecular formula is C49H34F2N6O23S6. The van der Waals surface area contributed by atoms with E-state index in [9.17, 15) is 88.8 Å². The Labute approximate surface area is 486 Å². The molecule has 37 heteroatoms. The summed E-state index contributed by atoms with van der Waals surface area (Å²) in [6.45, 7) is 0. The van der Waals surface area contributed by atoms with E-state index in [0.717, 1.165) is 72.8 Å². The van der Waals surface area contributed by atoms with Gasteiger partial charge >= 0.3 is 6.03 Å². The minimum Gasteiger partial charge on any atom is -0.321 e. The van der Waals surface area contributed by atoms with Crippen molar-refractivity contribution >= 4 is 148 Å².